The lowest BCUT2D eigenvalue weighted by molar-refractivity contribution is -0.274. The average molecular weight is 259 g/mol. The zero-order valence-electron chi connectivity index (χ0n) is 9.21. The molecule has 0 aliphatic heterocycles. The number of aliphatic carboxylic acids is 1. The number of alkyl halides is 3. The third-order valence-corrected chi connectivity index (χ3v) is 2.01. The van der Waals surface area contributed by atoms with E-state index >= 15 is 0 Å². The van der Waals surface area contributed by atoms with Gasteiger partial charge in [-0.1, -0.05) is 6.07 Å². The van der Waals surface area contributed by atoms with Gasteiger partial charge in [-0.25, -0.2) is 0 Å². The second-order valence-electron chi connectivity index (χ2n) is 3.53. The Morgan fingerprint density at radius 2 is 2.11 bits per heavy atom. The molecule has 4 nitrogen and oxygen atoms in total. The molecule has 0 fully saturated rings. The van der Waals surface area contributed by atoms with Gasteiger partial charge in [-0.2, -0.15) is 5.26 Å². The molecule has 0 spiro atoms. The van der Waals surface area contributed by atoms with Crippen LogP contribution in [0.4, 0.5) is 13.2 Å². The summed E-state index contributed by atoms with van der Waals surface area (Å²) in [7, 11) is 0. The zero-order chi connectivity index (χ0) is 13.9. The summed E-state index contributed by atoms with van der Waals surface area (Å²) >= 11 is 0. The quantitative estimate of drug-likeness (QED) is 0.904. The number of rotatable bonds is 3. The standard InChI is InChI=1S/C11H8F3NO3/c1-6-2-7(4-10(16)17)8(5-15)9(3-6)18-11(12,13)14/h2-3H,4H2,1H3,(H,16,17). The van der Waals surface area contributed by atoms with Crippen LogP contribution in [-0.4, -0.2) is 17.4 Å². The molecular weight excluding hydrogens is 251 g/mol. The molecule has 0 radical (unpaired) electrons. The summed E-state index contributed by atoms with van der Waals surface area (Å²) in [5, 5.41) is 17.4. The smallest absolute Gasteiger partial charge is 0.481 e. The first-order valence-corrected chi connectivity index (χ1v) is 4.74. The van der Waals surface area contributed by atoms with E-state index in [0.29, 0.717) is 5.56 Å². The molecule has 0 saturated carbocycles. The first-order valence-electron chi connectivity index (χ1n) is 4.74. The number of carboxylic acid groups (broad SMARTS) is 1. The minimum Gasteiger partial charge on any atom is -0.481 e. The van der Waals surface area contributed by atoms with Gasteiger partial charge in [0.2, 0.25) is 0 Å². The van der Waals surface area contributed by atoms with Crippen LogP contribution in [0.3, 0.4) is 0 Å². The van der Waals surface area contributed by atoms with Crippen LogP contribution < -0.4 is 4.74 Å². The molecular formula is C11H8F3NO3. The molecule has 1 aromatic carbocycles. The Morgan fingerprint density at radius 3 is 2.56 bits per heavy atom. The number of hydrogen-bond donors (Lipinski definition) is 1. The fraction of sp³-hybridized carbons (Fsp3) is 0.273. The predicted molar refractivity (Wildman–Crippen MR) is 53.9 cm³/mol. The van der Waals surface area contributed by atoms with E-state index in [9.17, 15) is 18.0 Å². The Bertz CT molecular complexity index is 517. The van der Waals surface area contributed by atoms with Crippen LogP contribution in [0.5, 0.6) is 5.75 Å². The van der Waals surface area contributed by atoms with E-state index < -0.39 is 30.1 Å². The van der Waals surface area contributed by atoms with Gasteiger partial charge in [0, 0.05) is 0 Å². The second kappa shape index (κ2) is 4.96. The van der Waals surface area contributed by atoms with Crippen molar-refractivity contribution >= 4 is 5.97 Å². The maximum Gasteiger partial charge on any atom is 0.573 e. The zero-order valence-corrected chi connectivity index (χ0v) is 9.21. The minimum absolute atomic E-state index is 0.00995. The van der Waals surface area contributed by atoms with Gasteiger partial charge in [0.25, 0.3) is 0 Å². The summed E-state index contributed by atoms with van der Waals surface area (Å²) in [5.74, 6) is -1.92. The van der Waals surface area contributed by atoms with E-state index in [0.717, 1.165) is 6.07 Å². The summed E-state index contributed by atoms with van der Waals surface area (Å²) in [6.07, 6.45) is -5.47. The Hall–Kier alpha value is -2.23. The molecule has 0 saturated heterocycles. The SMILES string of the molecule is Cc1cc(CC(=O)O)c(C#N)c(OC(F)(F)F)c1. The lowest BCUT2D eigenvalue weighted by atomic mass is 10.0. The molecule has 96 valence electrons. The van der Waals surface area contributed by atoms with Crippen LogP contribution in [0.15, 0.2) is 12.1 Å². The van der Waals surface area contributed by atoms with Crippen molar-refractivity contribution in [2.45, 2.75) is 19.7 Å². The third kappa shape index (κ3) is 3.66. The van der Waals surface area contributed by atoms with Gasteiger partial charge >= 0.3 is 12.3 Å². The highest BCUT2D eigenvalue weighted by molar-refractivity contribution is 5.72. The molecule has 7 heteroatoms. The minimum atomic E-state index is -4.93. The summed E-state index contributed by atoms with van der Waals surface area (Å²) in [4.78, 5) is 10.6. The Kier molecular flexibility index (Phi) is 3.81. The largest absolute Gasteiger partial charge is 0.573 e. The van der Waals surface area contributed by atoms with Crippen molar-refractivity contribution in [2.75, 3.05) is 0 Å². The highest BCUT2D eigenvalue weighted by Gasteiger charge is 2.32. The number of carboxylic acids is 1. The first-order chi connectivity index (χ1) is 8.23. The van der Waals surface area contributed by atoms with Crippen LogP contribution in [0, 0.1) is 18.3 Å². The summed E-state index contributed by atoms with van der Waals surface area (Å²) < 4.78 is 40.1. The second-order valence-corrected chi connectivity index (χ2v) is 3.53. The topological polar surface area (TPSA) is 70.3 Å². The lowest BCUT2D eigenvalue weighted by Gasteiger charge is -2.13. The molecule has 0 aromatic heterocycles. The fourth-order valence-electron chi connectivity index (χ4n) is 1.46. The molecule has 0 aliphatic rings. The molecule has 1 rings (SSSR count). The highest BCUT2D eigenvalue weighted by Crippen LogP contribution is 2.29. The van der Waals surface area contributed by atoms with E-state index in [4.69, 9.17) is 10.4 Å². The predicted octanol–water partition coefficient (Wildman–Crippen LogP) is 2.39. The molecule has 1 aromatic rings. The van der Waals surface area contributed by atoms with Gasteiger partial charge in [0.1, 0.15) is 11.8 Å². The van der Waals surface area contributed by atoms with Gasteiger partial charge in [-0.3, -0.25) is 4.79 Å². The van der Waals surface area contributed by atoms with Crippen molar-refractivity contribution in [1.29, 1.82) is 5.26 Å². The molecule has 0 bridgehead atoms. The Labute approximate surface area is 100 Å². The van der Waals surface area contributed by atoms with Crippen LogP contribution in [0.25, 0.3) is 0 Å². The van der Waals surface area contributed by atoms with E-state index in [1.807, 2.05) is 0 Å². The van der Waals surface area contributed by atoms with Crippen LogP contribution in [0.1, 0.15) is 16.7 Å². The van der Waals surface area contributed by atoms with E-state index in [-0.39, 0.29) is 5.56 Å². The Morgan fingerprint density at radius 1 is 1.50 bits per heavy atom. The van der Waals surface area contributed by atoms with Crippen molar-refractivity contribution in [1.82, 2.24) is 0 Å². The lowest BCUT2D eigenvalue weighted by Crippen LogP contribution is -2.18. The first kappa shape index (κ1) is 13.8. The van der Waals surface area contributed by atoms with Gasteiger partial charge in [0.05, 0.1) is 12.0 Å². The van der Waals surface area contributed by atoms with E-state index in [1.54, 1.807) is 0 Å². The normalized spacial score (nSPS) is 10.8. The molecule has 0 aliphatic carbocycles. The summed E-state index contributed by atoms with van der Waals surface area (Å²) in [5.41, 5.74) is -0.0472. The molecule has 0 heterocycles. The maximum atomic E-state index is 12.1. The highest BCUT2D eigenvalue weighted by atomic mass is 19.4. The molecule has 0 atom stereocenters. The Balaban J connectivity index is 3.30. The molecule has 0 amide bonds. The van der Waals surface area contributed by atoms with Crippen molar-refractivity contribution in [3.05, 3.63) is 28.8 Å². The number of benzene rings is 1. The third-order valence-electron chi connectivity index (χ3n) is 2.01. The van der Waals surface area contributed by atoms with Crippen molar-refractivity contribution < 1.29 is 27.8 Å². The van der Waals surface area contributed by atoms with E-state index in [1.165, 1.54) is 19.1 Å². The number of aryl methyl sites for hydroxylation is 1. The van der Waals surface area contributed by atoms with Crippen molar-refractivity contribution in [3.8, 4) is 11.8 Å². The number of carbonyl (C=O) groups is 1. The van der Waals surface area contributed by atoms with Crippen LogP contribution in [-0.2, 0) is 11.2 Å². The van der Waals surface area contributed by atoms with Crippen molar-refractivity contribution in [2.24, 2.45) is 0 Å². The van der Waals surface area contributed by atoms with Gasteiger partial charge in [-0.05, 0) is 24.1 Å². The maximum absolute atomic E-state index is 12.1. The number of halogens is 3. The number of ether oxygens (including phenoxy) is 1. The van der Waals surface area contributed by atoms with Crippen LogP contribution >= 0.6 is 0 Å². The molecule has 18 heavy (non-hydrogen) atoms. The number of nitriles is 1. The van der Waals surface area contributed by atoms with Crippen LogP contribution in [0.2, 0.25) is 0 Å². The monoisotopic (exact) mass is 259 g/mol. The van der Waals surface area contributed by atoms with E-state index in [2.05, 4.69) is 4.74 Å². The molecule has 0 unspecified atom stereocenters. The number of hydrogen-bond acceptors (Lipinski definition) is 3. The average Bonchev–Trinajstić information content (AvgIpc) is 2.13. The summed E-state index contributed by atoms with van der Waals surface area (Å²) in [6, 6.07) is 3.91. The van der Waals surface area contributed by atoms with Gasteiger partial charge < -0.3 is 9.84 Å². The number of nitrogens with zero attached hydrogens (tertiary/aromatic N) is 1. The molecule has 1 N–H and O–H groups in total. The fourth-order valence-corrected chi connectivity index (χ4v) is 1.46. The van der Waals surface area contributed by atoms with Crippen molar-refractivity contribution in [3.63, 3.8) is 0 Å². The van der Waals surface area contributed by atoms with Gasteiger partial charge in [-0.15, -0.1) is 13.2 Å². The summed E-state index contributed by atoms with van der Waals surface area (Å²) in [6.45, 7) is 1.48. The van der Waals surface area contributed by atoms with Gasteiger partial charge in [0.15, 0.2) is 0 Å².